The first-order valence-corrected chi connectivity index (χ1v) is 14.6. The molecule has 224 valence electrons. The van der Waals surface area contributed by atoms with Crippen LogP contribution in [0.4, 0.5) is 10.5 Å². The average molecular weight is 584 g/mol. The van der Waals surface area contributed by atoms with Gasteiger partial charge in [0.1, 0.15) is 23.1 Å². The Bertz CT molecular complexity index is 1680. The van der Waals surface area contributed by atoms with Crippen LogP contribution in [0.15, 0.2) is 60.8 Å². The van der Waals surface area contributed by atoms with Crippen molar-refractivity contribution in [2.45, 2.75) is 64.3 Å². The zero-order valence-electron chi connectivity index (χ0n) is 25.2. The van der Waals surface area contributed by atoms with Crippen LogP contribution in [0.2, 0.25) is 0 Å². The number of amides is 2. The van der Waals surface area contributed by atoms with E-state index in [1.54, 1.807) is 27.8 Å². The van der Waals surface area contributed by atoms with E-state index in [2.05, 4.69) is 17.2 Å². The van der Waals surface area contributed by atoms with E-state index in [-0.39, 0.29) is 17.5 Å². The van der Waals surface area contributed by atoms with Gasteiger partial charge < -0.3 is 24.4 Å². The average Bonchev–Trinajstić information content (AvgIpc) is 3.59. The molecule has 0 radical (unpaired) electrons. The highest BCUT2D eigenvalue weighted by Crippen LogP contribution is 2.42. The van der Waals surface area contributed by atoms with E-state index in [1.807, 2.05) is 75.4 Å². The van der Waals surface area contributed by atoms with E-state index in [9.17, 15) is 14.7 Å². The second-order valence-electron chi connectivity index (χ2n) is 12.6. The van der Waals surface area contributed by atoms with Crippen molar-refractivity contribution in [3.63, 3.8) is 0 Å². The van der Waals surface area contributed by atoms with Crippen molar-refractivity contribution >= 4 is 28.5 Å². The third kappa shape index (κ3) is 5.31. The van der Waals surface area contributed by atoms with E-state index in [0.717, 1.165) is 27.8 Å². The minimum absolute atomic E-state index is 0.0698. The van der Waals surface area contributed by atoms with Crippen LogP contribution < -0.4 is 9.64 Å². The minimum atomic E-state index is -1.03. The number of ether oxygens (including phenoxy) is 2. The molecule has 3 aromatic carbocycles. The maximum Gasteiger partial charge on any atom is 0.410 e. The van der Waals surface area contributed by atoms with Gasteiger partial charge >= 0.3 is 6.09 Å². The van der Waals surface area contributed by atoms with Gasteiger partial charge in [-0.25, -0.2) is 9.48 Å². The van der Waals surface area contributed by atoms with Crippen molar-refractivity contribution in [3.8, 4) is 5.75 Å². The number of carbonyl (C=O) groups excluding carboxylic acids is 2. The van der Waals surface area contributed by atoms with Crippen LogP contribution in [0, 0.1) is 0 Å². The van der Waals surface area contributed by atoms with Crippen LogP contribution in [0.3, 0.4) is 0 Å². The molecular formula is C33H37N5O5. The Morgan fingerprint density at radius 3 is 2.47 bits per heavy atom. The molecule has 1 N–H and O–H groups in total. The largest absolute Gasteiger partial charge is 0.497 e. The molecule has 2 aliphatic heterocycles. The Kier molecular flexibility index (Phi) is 7.12. The van der Waals surface area contributed by atoms with Gasteiger partial charge in [-0.2, -0.15) is 0 Å². The molecule has 2 amide bonds. The predicted molar refractivity (Wildman–Crippen MR) is 162 cm³/mol. The highest BCUT2D eigenvalue weighted by Gasteiger charge is 2.37. The van der Waals surface area contributed by atoms with Gasteiger partial charge in [-0.3, -0.25) is 4.79 Å². The van der Waals surface area contributed by atoms with Gasteiger partial charge in [0, 0.05) is 24.0 Å². The van der Waals surface area contributed by atoms with Gasteiger partial charge in [-0.05, 0) is 81.3 Å². The van der Waals surface area contributed by atoms with E-state index >= 15 is 0 Å². The van der Waals surface area contributed by atoms with Gasteiger partial charge in [0.2, 0.25) is 0 Å². The molecule has 43 heavy (non-hydrogen) atoms. The Hall–Kier alpha value is -4.44. The summed E-state index contributed by atoms with van der Waals surface area (Å²) in [5.74, 6) is 0.692. The van der Waals surface area contributed by atoms with Crippen LogP contribution in [0.5, 0.6) is 5.75 Å². The van der Waals surface area contributed by atoms with Gasteiger partial charge in [0.15, 0.2) is 0 Å². The molecule has 0 spiro atoms. The zero-order valence-corrected chi connectivity index (χ0v) is 25.2. The number of rotatable bonds is 6. The lowest BCUT2D eigenvalue weighted by Crippen LogP contribution is -2.48. The molecule has 0 saturated carbocycles. The number of piperidine rings is 1. The summed E-state index contributed by atoms with van der Waals surface area (Å²) in [7, 11) is 1.63. The molecule has 4 aromatic rings. The van der Waals surface area contributed by atoms with Gasteiger partial charge in [-0.1, -0.05) is 35.5 Å². The van der Waals surface area contributed by atoms with Crippen molar-refractivity contribution in [1.82, 2.24) is 19.9 Å². The van der Waals surface area contributed by atoms with E-state index < -0.39 is 11.7 Å². The van der Waals surface area contributed by atoms with Crippen LogP contribution >= 0.6 is 0 Å². The van der Waals surface area contributed by atoms with Crippen LogP contribution in [-0.4, -0.2) is 62.8 Å². The molecular weight excluding hydrogens is 546 g/mol. The van der Waals surface area contributed by atoms with Gasteiger partial charge in [0.05, 0.1) is 31.1 Å². The number of methoxy groups -OCH3 is 1. The predicted octanol–water partition coefficient (Wildman–Crippen LogP) is 5.43. The summed E-state index contributed by atoms with van der Waals surface area (Å²) in [4.78, 5) is 29.5. The first kappa shape index (κ1) is 28.7. The van der Waals surface area contributed by atoms with E-state index in [4.69, 9.17) is 9.47 Å². The summed E-state index contributed by atoms with van der Waals surface area (Å²) >= 11 is 0. The smallest absolute Gasteiger partial charge is 0.410 e. The molecule has 3 heterocycles. The fourth-order valence-electron chi connectivity index (χ4n) is 5.93. The SMILES string of the molecule is COc1ccc(CN2C(=O)c3cccc4c(C(O)c5cn(C6(C)CCN(C(=O)OC(C)(C)C)CC6)nn5)ccc2c34)cc1. The number of aliphatic hydroxyl groups is 1. The van der Waals surface area contributed by atoms with Crippen LogP contribution in [-0.2, 0) is 16.8 Å². The lowest BCUT2D eigenvalue weighted by Gasteiger charge is -2.39. The number of aliphatic hydroxyl groups excluding tert-OH is 1. The maximum absolute atomic E-state index is 13.5. The van der Waals surface area contributed by atoms with Crippen LogP contribution in [0.25, 0.3) is 10.8 Å². The first-order valence-electron chi connectivity index (χ1n) is 14.6. The zero-order chi connectivity index (χ0) is 30.5. The summed E-state index contributed by atoms with van der Waals surface area (Å²) in [5, 5.41) is 21.9. The fraction of sp³-hybridized carbons (Fsp3) is 0.394. The number of benzene rings is 3. The quantitative estimate of drug-likeness (QED) is 0.322. The van der Waals surface area contributed by atoms with E-state index in [1.165, 1.54) is 0 Å². The summed E-state index contributed by atoms with van der Waals surface area (Å²) in [6.07, 6.45) is 1.81. The molecule has 0 aliphatic carbocycles. The lowest BCUT2D eigenvalue weighted by atomic mass is 9.90. The van der Waals surface area contributed by atoms with Gasteiger partial charge in [0.25, 0.3) is 5.91 Å². The Morgan fingerprint density at radius 2 is 1.79 bits per heavy atom. The van der Waals surface area contributed by atoms with Gasteiger partial charge in [-0.15, -0.1) is 5.10 Å². The molecule has 1 aromatic heterocycles. The number of anilines is 1. The van der Waals surface area contributed by atoms with Crippen molar-refractivity contribution in [3.05, 3.63) is 83.2 Å². The molecule has 10 heteroatoms. The number of hydrogen-bond acceptors (Lipinski definition) is 7. The number of carbonyl (C=O) groups is 2. The minimum Gasteiger partial charge on any atom is -0.497 e. The highest BCUT2D eigenvalue weighted by molar-refractivity contribution is 6.25. The maximum atomic E-state index is 13.5. The molecule has 1 saturated heterocycles. The third-order valence-corrected chi connectivity index (χ3v) is 8.45. The molecule has 0 bridgehead atoms. The normalized spacial score (nSPS) is 16.9. The fourth-order valence-corrected chi connectivity index (χ4v) is 5.93. The number of likely N-dealkylation sites (tertiary alicyclic amines) is 1. The molecule has 10 nitrogen and oxygen atoms in total. The first-order chi connectivity index (χ1) is 20.5. The molecule has 1 fully saturated rings. The summed E-state index contributed by atoms with van der Waals surface area (Å²) in [6, 6.07) is 17.1. The molecule has 1 atom stereocenters. The Labute approximate surface area is 250 Å². The van der Waals surface area contributed by atoms with Crippen LogP contribution in [0.1, 0.15) is 73.8 Å². The number of hydrogen-bond donors (Lipinski definition) is 1. The lowest BCUT2D eigenvalue weighted by molar-refractivity contribution is 0.0118. The third-order valence-electron chi connectivity index (χ3n) is 8.45. The monoisotopic (exact) mass is 583 g/mol. The topological polar surface area (TPSA) is 110 Å². The molecule has 2 aliphatic rings. The van der Waals surface area contributed by atoms with Crippen molar-refractivity contribution in [2.24, 2.45) is 0 Å². The van der Waals surface area contributed by atoms with E-state index in [0.29, 0.717) is 49.3 Å². The number of aromatic nitrogens is 3. The summed E-state index contributed by atoms with van der Waals surface area (Å²) < 4.78 is 12.6. The second kappa shape index (κ2) is 10.7. The molecule has 1 unspecified atom stereocenters. The van der Waals surface area contributed by atoms with Crippen molar-refractivity contribution in [1.29, 1.82) is 0 Å². The Morgan fingerprint density at radius 1 is 1.07 bits per heavy atom. The Balaban J connectivity index is 1.23. The number of nitrogens with zero attached hydrogens (tertiary/aromatic N) is 5. The summed E-state index contributed by atoms with van der Waals surface area (Å²) in [6.45, 7) is 9.18. The molecule has 6 rings (SSSR count). The summed E-state index contributed by atoms with van der Waals surface area (Å²) in [5.41, 5.74) is 2.60. The van der Waals surface area contributed by atoms with Crippen molar-refractivity contribution < 1.29 is 24.2 Å². The van der Waals surface area contributed by atoms with Crippen molar-refractivity contribution in [2.75, 3.05) is 25.1 Å². The highest BCUT2D eigenvalue weighted by atomic mass is 16.6. The second-order valence-corrected chi connectivity index (χ2v) is 12.6. The standard InChI is InChI=1S/C33H37N5O5/c1-32(2,3)43-31(41)36-17-15-33(4,16-18-36)38-20-26(34-35-38)29(39)24-13-14-27-28-23(24)7-6-8-25(28)30(40)37(27)19-21-9-11-22(42-5)12-10-21/h6-14,20,29,39H,15-19H2,1-5H3.